The molecule has 116 valence electrons. The topological polar surface area (TPSA) is 46.3 Å². The second-order valence-electron chi connectivity index (χ2n) is 5.63. The van der Waals surface area contributed by atoms with Crippen LogP contribution in [-0.2, 0) is 11.2 Å². The first-order valence-corrected chi connectivity index (χ1v) is 6.97. The molecule has 1 saturated carbocycles. The highest BCUT2D eigenvalue weighted by Crippen LogP contribution is 2.36. The molecule has 0 spiro atoms. The highest BCUT2D eigenvalue weighted by Gasteiger charge is 2.40. The van der Waals surface area contributed by atoms with Crippen molar-refractivity contribution in [1.82, 2.24) is 4.90 Å². The second kappa shape index (κ2) is 5.95. The number of halogens is 3. The summed E-state index contributed by atoms with van der Waals surface area (Å²) in [6, 6.07) is 6.25. The molecule has 3 nitrogen and oxygen atoms in total. The summed E-state index contributed by atoms with van der Waals surface area (Å²) in [7, 11) is 0. The molecule has 1 aromatic carbocycles. The average Bonchev–Trinajstić information content (AvgIpc) is 3.21. The van der Waals surface area contributed by atoms with Gasteiger partial charge in [-0.1, -0.05) is 12.1 Å². The largest absolute Gasteiger partial charge is 0.406 e. The van der Waals surface area contributed by atoms with E-state index in [1.165, 1.54) is 0 Å². The van der Waals surface area contributed by atoms with Crippen molar-refractivity contribution in [3.05, 3.63) is 29.8 Å². The van der Waals surface area contributed by atoms with Crippen molar-refractivity contribution in [2.24, 2.45) is 5.92 Å². The number of nitrogen functional groups attached to an aromatic ring is 1. The lowest BCUT2D eigenvalue weighted by Gasteiger charge is -2.30. The summed E-state index contributed by atoms with van der Waals surface area (Å²) in [5.41, 5.74) is 6.78. The predicted octanol–water partition coefficient (Wildman–Crippen LogP) is 3.00. The van der Waals surface area contributed by atoms with Crippen LogP contribution < -0.4 is 5.73 Å². The van der Waals surface area contributed by atoms with Crippen LogP contribution in [0.1, 0.15) is 25.3 Å². The molecule has 0 aliphatic heterocycles. The Hall–Kier alpha value is -1.72. The van der Waals surface area contributed by atoms with Gasteiger partial charge in [0.1, 0.15) is 6.54 Å². The summed E-state index contributed by atoms with van der Waals surface area (Å²) in [5.74, 6) is -0.292. The maximum atomic E-state index is 12.7. The van der Waals surface area contributed by atoms with Crippen LogP contribution in [-0.4, -0.2) is 29.6 Å². The van der Waals surface area contributed by atoms with Crippen LogP contribution in [0.15, 0.2) is 24.3 Å². The van der Waals surface area contributed by atoms with Crippen molar-refractivity contribution < 1.29 is 18.0 Å². The van der Waals surface area contributed by atoms with E-state index in [0.29, 0.717) is 11.3 Å². The number of benzene rings is 1. The van der Waals surface area contributed by atoms with E-state index in [0.717, 1.165) is 17.7 Å². The van der Waals surface area contributed by atoms with Gasteiger partial charge in [0, 0.05) is 11.7 Å². The van der Waals surface area contributed by atoms with Crippen LogP contribution in [0.5, 0.6) is 0 Å². The molecular formula is C15H19F3N2O. The van der Waals surface area contributed by atoms with Gasteiger partial charge in [0.15, 0.2) is 0 Å². The van der Waals surface area contributed by atoms with Crippen molar-refractivity contribution in [2.45, 2.75) is 38.4 Å². The normalized spacial score (nSPS) is 16.6. The zero-order valence-electron chi connectivity index (χ0n) is 11.9. The van der Waals surface area contributed by atoms with Crippen LogP contribution in [0.3, 0.4) is 0 Å². The molecule has 1 fully saturated rings. The highest BCUT2D eigenvalue weighted by molar-refractivity contribution is 5.79. The third-order valence-corrected chi connectivity index (χ3v) is 3.80. The average molecular weight is 300 g/mol. The number of carbonyl (C=O) groups excluding carboxylic acids is 1. The Bertz CT molecular complexity index is 495. The fourth-order valence-electron chi connectivity index (χ4n) is 2.40. The summed E-state index contributed by atoms with van der Waals surface area (Å²) >= 11 is 0. The first-order chi connectivity index (χ1) is 9.76. The molecule has 1 amide bonds. The van der Waals surface area contributed by atoms with Crippen LogP contribution in [0, 0.1) is 5.92 Å². The van der Waals surface area contributed by atoms with Gasteiger partial charge in [-0.2, -0.15) is 13.2 Å². The van der Waals surface area contributed by atoms with Crippen molar-refractivity contribution in [2.75, 3.05) is 12.3 Å². The standard InChI is InChI=1S/C15H19F3N2O/c1-10(12-4-5-12)20(9-15(16,17)18)14(21)8-11-2-6-13(19)7-3-11/h2-3,6-7,10,12H,4-5,8-9,19H2,1H3. The monoisotopic (exact) mass is 300 g/mol. The molecule has 1 aliphatic carbocycles. The highest BCUT2D eigenvalue weighted by atomic mass is 19.4. The molecule has 1 unspecified atom stereocenters. The van der Waals surface area contributed by atoms with Gasteiger partial charge in [0.05, 0.1) is 6.42 Å². The lowest BCUT2D eigenvalue weighted by atomic mass is 10.1. The van der Waals surface area contributed by atoms with E-state index in [1.54, 1.807) is 31.2 Å². The van der Waals surface area contributed by atoms with E-state index in [-0.39, 0.29) is 18.4 Å². The smallest absolute Gasteiger partial charge is 0.399 e. The van der Waals surface area contributed by atoms with Gasteiger partial charge in [0.2, 0.25) is 5.91 Å². The predicted molar refractivity (Wildman–Crippen MR) is 74.5 cm³/mol. The summed E-state index contributed by atoms with van der Waals surface area (Å²) in [6.07, 6.45) is -2.62. The van der Waals surface area contributed by atoms with Crippen LogP contribution in [0.2, 0.25) is 0 Å². The minimum Gasteiger partial charge on any atom is -0.399 e. The number of amides is 1. The fraction of sp³-hybridized carbons (Fsp3) is 0.533. The first kappa shape index (κ1) is 15.7. The summed E-state index contributed by atoms with van der Waals surface area (Å²) in [6.45, 7) is 0.517. The van der Waals surface area contributed by atoms with Crippen molar-refractivity contribution in [3.8, 4) is 0 Å². The zero-order chi connectivity index (χ0) is 15.6. The maximum Gasteiger partial charge on any atom is 0.406 e. The maximum absolute atomic E-state index is 12.7. The molecule has 1 aromatic rings. The zero-order valence-corrected chi connectivity index (χ0v) is 11.9. The number of carbonyl (C=O) groups is 1. The van der Waals surface area contributed by atoms with Crippen molar-refractivity contribution in [1.29, 1.82) is 0 Å². The molecule has 2 N–H and O–H groups in total. The van der Waals surface area contributed by atoms with E-state index in [1.807, 2.05) is 0 Å². The van der Waals surface area contributed by atoms with Gasteiger partial charge in [-0.15, -0.1) is 0 Å². The number of nitrogens with zero attached hydrogens (tertiary/aromatic N) is 1. The third kappa shape index (κ3) is 4.65. The minimum atomic E-state index is -4.38. The van der Waals surface area contributed by atoms with Gasteiger partial charge in [0.25, 0.3) is 0 Å². The Morgan fingerprint density at radius 3 is 2.38 bits per heavy atom. The number of hydrogen-bond donors (Lipinski definition) is 1. The molecule has 1 atom stereocenters. The number of anilines is 1. The molecular weight excluding hydrogens is 281 g/mol. The molecule has 0 heterocycles. The lowest BCUT2D eigenvalue weighted by molar-refractivity contribution is -0.165. The Morgan fingerprint density at radius 2 is 1.90 bits per heavy atom. The second-order valence-corrected chi connectivity index (χ2v) is 5.63. The van der Waals surface area contributed by atoms with Crippen LogP contribution in [0.25, 0.3) is 0 Å². The number of alkyl halides is 3. The number of hydrogen-bond acceptors (Lipinski definition) is 2. The molecule has 0 saturated heterocycles. The van der Waals surface area contributed by atoms with E-state index in [4.69, 9.17) is 5.73 Å². The van der Waals surface area contributed by atoms with Crippen molar-refractivity contribution >= 4 is 11.6 Å². The van der Waals surface area contributed by atoms with Crippen LogP contribution in [0.4, 0.5) is 18.9 Å². The van der Waals surface area contributed by atoms with E-state index >= 15 is 0 Å². The third-order valence-electron chi connectivity index (χ3n) is 3.80. The Morgan fingerprint density at radius 1 is 1.33 bits per heavy atom. The van der Waals surface area contributed by atoms with Crippen molar-refractivity contribution in [3.63, 3.8) is 0 Å². The van der Waals surface area contributed by atoms with E-state index in [2.05, 4.69) is 0 Å². The van der Waals surface area contributed by atoms with Gasteiger partial charge >= 0.3 is 6.18 Å². The van der Waals surface area contributed by atoms with Gasteiger partial charge < -0.3 is 10.6 Å². The molecule has 2 rings (SSSR count). The molecule has 0 aromatic heterocycles. The molecule has 6 heteroatoms. The van der Waals surface area contributed by atoms with Gasteiger partial charge in [-0.05, 0) is 43.4 Å². The SMILES string of the molecule is CC(C1CC1)N(CC(F)(F)F)C(=O)Cc1ccc(N)cc1. The fourth-order valence-corrected chi connectivity index (χ4v) is 2.40. The quantitative estimate of drug-likeness (QED) is 0.850. The van der Waals surface area contributed by atoms with Gasteiger partial charge in [-0.3, -0.25) is 4.79 Å². The van der Waals surface area contributed by atoms with Crippen LogP contribution >= 0.6 is 0 Å². The van der Waals surface area contributed by atoms with Gasteiger partial charge in [-0.25, -0.2) is 0 Å². The van der Waals surface area contributed by atoms with E-state index < -0.39 is 18.6 Å². The molecule has 0 bridgehead atoms. The first-order valence-electron chi connectivity index (χ1n) is 6.97. The minimum absolute atomic E-state index is 0.0343. The van der Waals surface area contributed by atoms with E-state index in [9.17, 15) is 18.0 Å². The molecule has 1 aliphatic rings. The summed E-state index contributed by atoms with van der Waals surface area (Å²) in [4.78, 5) is 13.2. The Labute approximate surface area is 121 Å². The number of rotatable bonds is 5. The lowest BCUT2D eigenvalue weighted by Crippen LogP contribution is -2.46. The summed E-state index contributed by atoms with van der Waals surface area (Å²) in [5, 5.41) is 0. The molecule has 21 heavy (non-hydrogen) atoms. The Kier molecular flexibility index (Phi) is 4.44. The summed E-state index contributed by atoms with van der Waals surface area (Å²) < 4.78 is 38.1. The molecule has 0 radical (unpaired) electrons. The number of nitrogens with two attached hydrogens (primary N) is 1. The Balaban J connectivity index is 2.07.